The number of hydrogen-bond acceptors (Lipinski definition) is 5. The molecule has 1 aliphatic heterocycles. The molecule has 29 heavy (non-hydrogen) atoms. The summed E-state index contributed by atoms with van der Waals surface area (Å²) >= 11 is 0. The SMILES string of the molecule is CCN1CCCC1CNS(=O)(=O)c1ccc(NC(=O)NCc2ccncc2)cc1. The number of carbonyl (C=O) groups is 1. The summed E-state index contributed by atoms with van der Waals surface area (Å²) in [6.45, 7) is 4.82. The molecule has 0 bridgehead atoms. The van der Waals surface area contributed by atoms with Crippen molar-refractivity contribution in [2.45, 2.75) is 37.2 Å². The number of likely N-dealkylation sites (tertiary alicyclic amines) is 1. The fourth-order valence-corrected chi connectivity index (χ4v) is 4.48. The van der Waals surface area contributed by atoms with Crippen LogP contribution in [0.1, 0.15) is 25.3 Å². The van der Waals surface area contributed by atoms with E-state index in [9.17, 15) is 13.2 Å². The van der Waals surface area contributed by atoms with Gasteiger partial charge in [-0.15, -0.1) is 0 Å². The van der Waals surface area contributed by atoms with Crippen molar-refractivity contribution in [3.8, 4) is 0 Å². The number of amides is 2. The number of anilines is 1. The molecule has 1 atom stereocenters. The highest BCUT2D eigenvalue weighted by Crippen LogP contribution is 2.18. The van der Waals surface area contributed by atoms with Crippen molar-refractivity contribution in [1.82, 2.24) is 19.9 Å². The predicted molar refractivity (Wildman–Crippen MR) is 112 cm³/mol. The molecule has 3 N–H and O–H groups in total. The minimum absolute atomic E-state index is 0.182. The Bertz CT molecular complexity index is 903. The van der Waals surface area contributed by atoms with Gasteiger partial charge in [0.15, 0.2) is 0 Å². The van der Waals surface area contributed by atoms with Crippen LogP contribution in [0.25, 0.3) is 0 Å². The molecule has 1 unspecified atom stereocenters. The first-order chi connectivity index (χ1) is 14.0. The van der Waals surface area contributed by atoms with Crippen molar-refractivity contribution in [3.63, 3.8) is 0 Å². The second kappa shape index (κ2) is 9.82. The second-order valence-corrected chi connectivity index (χ2v) is 8.73. The maximum atomic E-state index is 12.5. The Balaban J connectivity index is 1.51. The van der Waals surface area contributed by atoms with Gasteiger partial charge in [-0.25, -0.2) is 17.9 Å². The molecular weight excluding hydrogens is 390 g/mol. The molecule has 9 heteroatoms. The third kappa shape index (κ3) is 5.99. The lowest BCUT2D eigenvalue weighted by Gasteiger charge is -2.22. The summed E-state index contributed by atoms with van der Waals surface area (Å²) in [6.07, 6.45) is 5.43. The van der Waals surface area contributed by atoms with E-state index in [4.69, 9.17) is 0 Å². The van der Waals surface area contributed by atoms with Crippen LogP contribution in [-0.2, 0) is 16.6 Å². The summed E-state index contributed by atoms with van der Waals surface area (Å²) in [5.41, 5.74) is 1.45. The Labute approximate surface area is 171 Å². The van der Waals surface area contributed by atoms with E-state index in [1.807, 2.05) is 12.1 Å². The molecule has 1 aromatic carbocycles. The maximum Gasteiger partial charge on any atom is 0.319 e. The molecule has 3 rings (SSSR count). The van der Waals surface area contributed by atoms with E-state index in [-0.39, 0.29) is 17.0 Å². The van der Waals surface area contributed by atoms with Crippen molar-refractivity contribution in [1.29, 1.82) is 0 Å². The third-order valence-corrected chi connectivity index (χ3v) is 6.48. The van der Waals surface area contributed by atoms with E-state index in [1.54, 1.807) is 24.5 Å². The lowest BCUT2D eigenvalue weighted by molar-refractivity contribution is 0.251. The number of sulfonamides is 1. The van der Waals surface area contributed by atoms with Crippen LogP contribution in [-0.4, -0.2) is 50.0 Å². The Morgan fingerprint density at radius 3 is 2.59 bits per heavy atom. The van der Waals surface area contributed by atoms with Gasteiger partial charge in [-0.1, -0.05) is 6.92 Å². The van der Waals surface area contributed by atoms with Gasteiger partial charge >= 0.3 is 6.03 Å². The van der Waals surface area contributed by atoms with E-state index in [0.29, 0.717) is 18.8 Å². The number of pyridine rings is 1. The van der Waals surface area contributed by atoms with Crippen LogP contribution in [0.4, 0.5) is 10.5 Å². The predicted octanol–water partition coefficient (Wildman–Crippen LogP) is 2.17. The lowest BCUT2D eigenvalue weighted by Crippen LogP contribution is -2.39. The van der Waals surface area contributed by atoms with Crippen LogP contribution in [0.15, 0.2) is 53.7 Å². The quantitative estimate of drug-likeness (QED) is 0.611. The fourth-order valence-electron chi connectivity index (χ4n) is 3.41. The van der Waals surface area contributed by atoms with Gasteiger partial charge in [0.05, 0.1) is 4.90 Å². The number of urea groups is 1. The monoisotopic (exact) mass is 417 g/mol. The maximum absolute atomic E-state index is 12.5. The molecule has 8 nitrogen and oxygen atoms in total. The molecule has 1 aromatic heterocycles. The zero-order valence-corrected chi connectivity index (χ0v) is 17.3. The molecular formula is C20H27N5O3S. The number of hydrogen-bond donors (Lipinski definition) is 3. The van der Waals surface area contributed by atoms with Gasteiger partial charge < -0.3 is 10.6 Å². The highest BCUT2D eigenvalue weighted by molar-refractivity contribution is 7.89. The van der Waals surface area contributed by atoms with Crippen molar-refractivity contribution >= 4 is 21.7 Å². The number of rotatable bonds is 8. The first-order valence-corrected chi connectivity index (χ1v) is 11.2. The number of nitrogens with zero attached hydrogens (tertiary/aromatic N) is 2. The highest BCUT2D eigenvalue weighted by Gasteiger charge is 2.25. The number of carbonyl (C=O) groups excluding carboxylic acids is 1. The van der Waals surface area contributed by atoms with Crippen LogP contribution >= 0.6 is 0 Å². The van der Waals surface area contributed by atoms with Gasteiger partial charge in [0.2, 0.25) is 10.0 Å². The first kappa shape index (κ1) is 21.2. The van der Waals surface area contributed by atoms with E-state index < -0.39 is 10.0 Å². The van der Waals surface area contributed by atoms with Gasteiger partial charge in [0, 0.05) is 37.2 Å². The van der Waals surface area contributed by atoms with Gasteiger partial charge in [0.25, 0.3) is 0 Å². The largest absolute Gasteiger partial charge is 0.334 e. The lowest BCUT2D eigenvalue weighted by atomic mass is 10.2. The number of aromatic nitrogens is 1. The third-order valence-electron chi connectivity index (χ3n) is 5.04. The minimum atomic E-state index is -3.58. The van der Waals surface area contributed by atoms with Crippen molar-refractivity contribution in [3.05, 3.63) is 54.4 Å². The van der Waals surface area contributed by atoms with E-state index >= 15 is 0 Å². The summed E-state index contributed by atoms with van der Waals surface area (Å²) in [4.78, 5) is 18.4. The molecule has 1 fully saturated rings. The molecule has 156 valence electrons. The molecule has 1 aliphatic rings. The first-order valence-electron chi connectivity index (χ1n) is 9.75. The summed E-state index contributed by atoms with van der Waals surface area (Å²) < 4.78 is 27.8. The van der Waals surface area contributed by atoms with Gasteiger partial charge in [-0.05, 0) is 67.9 Å². The highest BCUT2D eigenvalue weighted by atomic mass is 32.2. The smallest absolute Gasteiger partial charge is 0.319 e. The van der Waals surface area contributed by atoms with Crippen molar-refractivity contribution in [2.75, 3.05) is 25.0 Å². The average Bonchev–Trinajstić information content (AvgIpc) is 3.20. The zero-order chi connectivity index (χ0) is 20.7. The number of nitrogens with one attached hydrogen (secondary N) is 3. The second-order valence-electron chi connectivity index (χ2n) is 6.96. The normalized spacial score (nSPS) is 17.2. The zero-order valence-electron chi connectivity index (χ0n) is 16.5. The summed E-state index contributed by atoms with van der Waals surface area (Å²) in [5.74, 6) is 0. The van der Waals surface area contributed by atoms with Crippen LogP contribution in [0, 0.1) is 0 Å². The Morgan fingerprint density at radius 2 is 1.90 bits per heavy atom. The van der Waals surface area contributed by atoms with Gasteiger partial charge in [0.1, 0.15) is 0 Å². The topological polar surface area (TPSA) is 103 Å². The standard InChI is InChI=1S/C20H27N5O3S/c1-2-25-13-3-4-18(25)15-23-29(27,28)19-7-5-17(6-8-19)24-20(26)22-14-16-9-11-21-12-10-16/h5-12,18,23H,2-4,13-15H2,1H3,(H2,22,24,26). The van der Waals surface area contributed by atoms with Crippen LogP contribution in [0.3, 0.4) is 0 Å². The molecule has 0 spiro atoms. The molecule has 0 aliphatic carbocycles. The van der Waals surface area contributed by atoms with E-state index in [1.165, 1.54) is 12.1 Å². The van der Waals surface area contributed by atoms with Crippen molar-refractivity contribution < 1.29 is 13.2 Å². The molecule has 2 amide bonds. The van der Waals surface area contributed by atoms with Crippen LogP contribution in [0.2, 0.25) is 0 Å². The van der Waals surface area contributed by atoms with Crippen molar-refractivity contribution in [2.24, 2.45) is 0 Å². The summed E-state index contributed by atoms with van der Waals surface area (Å²) in [5, 5.41) is 5.43. The minimum Gasteiger partial charge on any atom is -0.334 e. The Kier molecular flexibility index (Phi) is 7.18. The fraction of sp³-hybridized carbons (Fsp3) is 0.400. The Hall–Kier alpha value is -2.49. The summed E-state index contributed by atoms with van der Waals surface area (Å²) in [7, 11) is -3.58. The van der Waals surface area contributed by atoms with E-state index in [0.717, 1.165) is 31.5 Å². The molecule has 0 saturated carbocycles. The Morgan fingerprint density at radius 1 is 1.17 bits per heavy atom. The number of benzene rings is 1. The molecule has 2 heterocycles. The molecule has 1 saturated heterocycles. The van der Waals surface area contributed by atoms with Gasteiger partial charge in [-0.2, -0.15) is 0 Å². The average molecular weight is 418 g/mol. The molecule has 0 radical (unpaired) electrons. The molecule has 2 aromatic rings. The number of likely N-dealkylation sites (N-methyl/N-ethyl adjacent to an activating group) is 1. The van der Waals surface area contributed by atoms with Crippen LogP contribution in [0.5, 0.6) is 0 Å². The van der Waals surface area contributed by atoms with Crippen LogP contribution < -0.4 is 15.4 Å². The summed E-state index contributed by atoms with van der Waals surface area (Å²) in [6, 6.07) is 9.66. The van der Waals surface area contributed by atoms with E-state index in [2.05, 4.69) is 32.2 Å². The van der Waals surface area contributed by atoms with Gasteiger partial charge in [-0.3, -0.25) is 9.88 Å².